The standard InChI is InChI=1S/C18H28N2O4/c1-18(19)7-5-4-6-15(18)17(22)20-11-16(21)12-8-13(23-2)10-14(9-12)24-3/h8-10,15-16,21H,4-7,11,19H2,1-3H3,(H,20,22). The fraction of sp³-hybridized carbons (Fsp3) is 0.611. The third-order valence-electron chi connectivity index (χ3n) is 4.80. The molecule has 0 aromatic heterocycles. The van der Waals surface area contributed by atoms with Gasteiger partial charge in [-0.25, -0.2) is 0 Å². The summed E-state index contributed by atoms with van der Waals surface area (Å²) in [5.41, 5.74) is 6.41. The van der Waals surface area contributed by atoms with Gasteiger partial charge in [0.05, 0.1) is 26.2 Å². The lowest BCUT2D eigenvalue weighted by Crippen LogP contribution is -2.53. The molecule has 0 spiro atoms. The highest BCUT2D eigenvalue weighted by Crippen LogP contribution is 2.32. The summed E-state index contributed by atoms with van der Waals surface area (Å²) in [5.74, 6) is 0.889. The van der Waals surface area contributed by atoms with Gasteiger partial charge in [-0.1, -0.05) is 12.8 Å². The molecule has 1 aromatic rings. The molecule has 1 saturated carbocycles. The van der Waals surface area contributed by atoms with Crippen LogP contribution in [0.2, 0.25) is 0 Å². The van der Waals surface area contributed by atoms with Crippen LogP contribution in [0.3, 0.4) is 0 Å². The molecule has 0 bridgehead atoms. The van der Waals surface area contributed by atoms with Crippen molar-refractivity contribution in [1.29, 1.82) is 0 Å². The Labute approximate surface area is 143 Å². The number of methoxy groups -OCH3 is 2. The Morgan fingerprint density at radius 3 is 2.50 bits per heavy atom. The summed E-state index contributed by atoms with van der Waals surface area (Å²) in [6.07, 6.45) is 2.87. The molecule has 1 aliphatic rings. The van der Waals surface area contributed by atoms with Crippen LogP contribution in [0.1, 0.15) is 44.3 Å². The second-order valence-electron chi connectivity index (χ2n) is 6.71. The van der Waals surface area contributed by atoms with E-state index in [0.29, 0.717) is 17.1 Å². The van der Waals surface area contributed by atoms with E-state index in [1.807, 2.05) is 6.92 Å². The van der Waals surface area contributed by atoms with Gasteiger partial charge >= 0.3 is 0 Å². The first kappa shape index (κ1) is 18.5. The van der Waals surface area contributed by atoms with Crippen molar-refractivity contribution in [3.63, 3.8) is 0 Å². The molecule has 0 radical (unpaired) electrons. The molecule has 1 amide bonds. The Morgan fingerprint density at radius 1 is 1.33 bits per heavy atom. The van der Waals surface area contributed by atoms with E-state index in [1.165, 1.54) is 0 Å². The van der Waals surface area contributed by atoms with Crippen molar-refractivity contribution >= 4 is 5.91 Å². The molecule has 0 heterocycles. The topological polar surface area (TPSA) is 93.8 Å². The minimum Gasteiger partial charge on any atom is -0.497 e. The Kier molecular flexibility index (Phi) is 6.07. The van der Waals surface area contributed by atoms with Gasteiger partial charge in [0, 0.05) is 18.2 Å². The average Bonchev–Trinajstić information content (AvgIpc) is 2.58. The van der Waals surface area contributed by atoms with Crippen LogP contribution in [-0.2, 0) is 4.79 Å². The number of carbonyl (C=O) groups is 1. The predicted molar refractivity (Wildman–Crippen MR) is 92.1 cm³/mol. The number of hydrogen-bond acceptors (Lipinski definition) is 5. The molecule has 6 nitrogen and oxygen atoms in total. The number of ether oxygens (including phenoxy) is 2. The van der Waals surface area contributed by atoms with E-state index in [9.17, 15) is 9.90 Å². The second kappa shape index (κ2) is 7.85. The fourth-order valence-electron chi connectivity index (χ4n) is 3.25. The molecule has 134 valence electrons. The van der Waals surface area contributed by atoms with Crippen LogP contribution in [-0.4, -0.2) is 37.3 Å². The molecule has 3 unspecified atom stereocenters. The van der Waals surface area contributed by atoms with E-state index in [-0.39, 0.29) is 18.4 Å². The average molecular weight is 336 g/mol. The lowest BCUT2D eigenvalue weighted by molar-refractivity contribution is -0.128. The van der Waals surface area contributed by atoms with Crippen LogP contribution in [0.5, 0.6) is 11.5 Å². The monoisotopic (exact) mass is 336 g/mol. The molecule has 1 fully saturated rings. The summed E-state index contributed by atoms with van der Waals surface area (Å²) in [7, 11) is 3.11. The zero-order valence-corrected chi connectivity index (χ0v) is 14.7. The number of carbonyl (C=O) groups excluding carboxylic acids is 1. The molecule has 0 saturated heterocycles. The normalized spacial score (nSPS) is 25.0. The maximum Gasteiger partial charge on any atom is 0.225 e. The second-order valence-corrected chi connectivity index (χ2v) is 6.71. The van der Waals surface area contributed by atoms with Crippen molar-refractivity contribution in [2.45, 2.75) is 44.2 Å². The molecule has 2 rings (SSSR count). The van der Waals surface area contributed by atoms with Crippen LogP contribution in [0.15, 0.2) is 18.2 Å². The van der Waals surface area contributed by atoms with Crippen molar-refractivity contribution < 1.29 is 19.4 Å². The molecule has 4 N–H and O–H groups in total. The summed E-state index contributed by atoms with van der Waals surface area (Å²) in [6, 6.07) is 5.19. The van der Waals surface area contributed by atoms with Gasteiger partial charge in [0.15, 0.2) is 0 Å². The maximum atomic E-state index is 12.4. The number of rotatable bonds is 6. The van der Waals surface area contributed by atoms with Gasteiger partial charge in [0.25, 0.3) is 0 Å². The largest absolute Gasteiger partial charge is 0.497 e. The lowest BCUT2D eigenvalue weighted by Gasteiger charge is -2.37. The SMILES string of the molecule is COc1cc(OC)cc(C(O)CNC(=O)C2CCCCC2(C)N)c1. The number of aliphatic hydroxyl groups is 1. The van der Waals surface area contributed by atoms with Gasteiger partial charge < -0.3 is 25.6 Å². The molecule has 1 aromatic carbocycles. The highest BCUT2D eigenvalue weighted by molar-refractivity contribution is 5.80. The van der Waals surface area contributed by atoms with E-state index in [0.717, 1.165) is 25.7 Å². The van der Waals surface area contributed by atoms with Gasteiger partial charge in [0.1, 0.15) is 11.5 Å². The van der Waals surface area contributed by atoms with Gasteiger partial charge in [-0.05, 0) is 37.5 Å². The summed E-state index contributed by atoms with van der Waals surface area (Å²) in [6.45, 7) is 2.06. The molecular formula is C18H28N2O4. The Hall–Kier alpha value is -1.79. The molecule has 1 aliphatic carbocycles. The Bertz CT molecular complexity index is 552. The number of benzene rings is 1. The minimum absolute atomic E-state index is 0.0892. The first-order valence-corrected chi connectivity index (χ1v) is 8.35. The van der Waals surface area contributed by atoms with Gasteiger partial charge in [-0.15, -0.1) is 0 Å². The molecular weight excluding hydrogens is 308 g/mol. The number of nitrogens with two attached hydrogens (primary N) is 1. The molecule has 6 heteroatoms. The first-order valence-electron chi connectivity index (χ1n) is 8.35. The number of nitrogens with one attached hydrogen (secondary N) is 1. The number of hydrogen-bond donors (Lipinski definition) is 3. The van der Waals surface area contributed by atoms with Crippen LogP contribution < -0.4 is 20.5 Å². The lowest BCUT2D eigenvalue weighted by atomic mass is 9.74. The van der Waals surface area contributed by atoms with Crippen LogP contribution in [0, 0.1) is 5.92 Å². The van der Waals surface area contributed by atoms with Crippen molar-refractivity contribution in [3.05, 3.63) is 23.8 Å². The fourth-order valence-corrected chi connectivity index (χ4v) is 3.25. The van der Waals surface area contributed by atoms with Gasteiger partial charge in [0.2, 0.25) is 5.91 Å². The number of amides is 1. The van der Waals surface area contributed by atoms with Crippen LogP contribution in [0.25, 0.3) is 0 Å². The van der Waals surface area contributed by atoms with Crippen molar-refractivity contribution in [2.24, 2.45) is 11.7 Å². The zero-order valence-electron chi connectivity index (χ0n) is 14.7. The summed E-state index contributed by atoms with van der Waals surface area (Å²) < 4.78 is 10.4. The van der Waals surface area contributed by atoms with Crippen molar-refractivity contribution in [2.75, 3.05) is 20.8 Å². The summed E-state index contributed by atoms with van der Waals surface area (Å²) in [5, 5.41) is 13.2. The van der Waals surface area contributed by atoms with E-state index >= 15 is 0 Å². The van der Waals surface area contributed by atoms with Crippen LogP contribution >= 0.6 is 0 Å². The van der Waals surface area contributed by atoms with E-state index in [4.69, 9.17) is 15.2 Å². The maximum absolute atomic E-state index is 12.4. The molecule has 0 aliphatic heterocycles. The minimum atomic E-state index is -0.842. The highest BCUT2D eigenvalue weighted by atomic mass is 16.5. The Balaban J connectivity index is 1.99. The van der Waals surface area contributed by atoms with E-state index in [1.54, 1.807) is 32.4 Å². The summed E-state index contributed by atoms with van der Waals surface area (Å²) in [4.78, 5) is 12.4. The third kappa shape index (κ3) is 4.39. The Morgan fingerprint density at radius 2 is 1.96 bits per heavy atom. The third-order valence-corrected chi connectivity index (χ3v) is 4.80. The smallest absolute Gasteiger partial charge is 0.225 e. The van der Waals surface area contributed by atoms with Crippen molar-refractivity contribution in [1.82, 2.24) is 5.32 Å². The molecule has 24 heavy (non-hydrogen) atoms. The van der Waals surface area contributed by atoms with E-state index in [2.05, 4.69) is 5.32 Å². The van der Waals surface area contributed by atoms with Crippen molar-refractivity contribution in [3.8, 4) is 11.5 Å². The summed E-state index contributed by atoms with van der Waals surface area (Å²) >= 11 is 0. The quantitative estimate of drug-likeness (QED) is 0.736. The zero-order chi connectivity index (χ0) is 17.7. The van der Waals surface area contributed by atoms with Crippen LogP contribution in [0.4, 0.5) is 0 Å². The van der Waals surface area contributed by atoms with E-state index < -0.39 is 11.6 Å². The predicted octanol–water partition coefficient (Wildman–Crippen LogP) is 1.76. The highest BCUT2D eigenvalue weighted by Gasteiger charge is 2.37. The first-order chi connectivity index (χ1) is 11.4. The van der Waals surface area contributed by atoms with Gasteiger partial charge in [-0.3, -0.25) is 4.79 Å². The molecule has 3 atom stereocenters. The number of aliphatic hydroxyl groups excluding tert-OH is 1. The van der Waals surface area contributed by atoms with Gasteiger partial charge in [-0.2, -0.15) is 0 Å².